The molecule has 2 aromatic carbocycles. The molecule has 1 fully saturated rings. The minimum absolute atomic E-state index is 0.202. The zero-order valence-electron chi connectivity index (χ0n) is 20.4. The molecule has 35 heavy (non-hydrogen) atoms. The van der Waals surface area contributed by atoms with Crippen LogP contribution in [-0.2, 0) is 6.42 Å². The monoisotopic (exact) mass is 486 g/mol. The average molecular weight is 487 g/mol. The molecule has 1 aliphatic heterocycles. The highest BCUT2D eigenvalue weighted by atomic mass is 35.5. The molecule has 1 saturated heterocycles. The number of likely N-dealkylation sites (N-methyl/N-ethyl adjacent to an activating group) is 1. The van der Waals surface area contributed by atoms with Crippen molar-refractivity contribution in [3.05, 3.63) is 88.2 Å². The third-order valence-electron chi connectivity index (χ3n) is 7.18. The quantitative estimate of drug-likeness (QED) is 0.508. The van der Waals surface area contributed by atoms with Crippen molar-refractivity contribution in [1.82, 2.24) is 14.8 Å². The number of halogens is 1. The number of fused-ring (bicyclic) bond motifs is 1. The number of nitrogens with one attached hydrogen (secondary N) is 1. The Morgan fingerprint density at radius 1 is 0.971 bits per heavy atom. The normalized spacial score (nSPS) is 16.8. The minimum atomic E-state index is -0.202. The first-order valence-corrected chi connectivity index (χ1v) is 12.6. The fourth-order valence-corrected chi connectivity index (χ4v) is 5.04. The van der Waals surface area contributed by atoms with Crippen LogP contribution < -0.4 is 5.32 Å². The smallest absolute Gasteiger partial charge is 0.274 e. The van der Waals surface area contributed by atoms with Crippen molar-refractivity contribution >= 4 is 28.8 Å². The van der Waals surface area contributed by atoms with Gasteiger partial charge in [0.05, 0.1) is 0 Å². The molecule has 0 atom stereocenters. The van der Waals surface area contributed by atoms with Gasteiger partial charge in [0.15, 0.2) is 0 Å². The van der Waals surface area contributed by atoms with Crippen LogP contribution in [0, 0.1) is 0 Å². The zero-order valence-corrected chi connectivity index (χ0v) is 21.1. The van der Waals surface area contributed by atoms with E-state index in [0.717, 1.165) is 62.4 Å². The summed E-state index contributed by atoms with van der Waals surface area (Å²) in [4.78, 5) is 22.2. The number of piperazine rings is 1. The van der Waals surface area contributed by atoms with Crippen LogP contribution in [0.15, 0.2) is 66.4 Å². The minimum Gasteiger partial charge on any atom is -0.321 e. The molecule has 0 spiro atoms. The number of nitrogens with zero attached hydrogens (tertiary/aromatic N) is 3. The Kier molecular flexibility index (Phi) is 7.00. The van der Waals surface area contributed by atoms with Gasteiger partial charge in [0.2, 0.25) is 0 Å². The molecule has 1 aromatic heterocycles. The van der Waals surface area contributed by atoms with Gasteiger partial charge in [-0.25, -0.2) is 0 Å². The average Bonchev–Trinajstić information content (AvgIpc) is 2.87. The number of carbonyl (C=O) groups is 1. The summed E-state index contributed by atoms with van der Waals surface area (Å²) in [5.41, 5.74) is 8.71. The second kappa shape index (κ2) is 10.3. The van der Waals surface area contributed by atoms with Crippen LogP contribution in [0.4, 0.5) is 5.69 Å². The van der Waals surface area contributed by atoms with Gasteiger partial charge < -0.3 is 10.2 Å². The van der Waals surface area contributed by atoms with Crippen LogP contribution in [0.25, 0.3) is 16.7 Å². The molecule has 1 N–H and O–H groups in total. The number of allylic oxidation sites excluding steroid dienone is 1. The molecule has 0 saturated carbocycles. The van der Waals surface area contributed by atoms with Crippen molar-refractivity contribution in [2.45, 2.75) is 19.8 Å². The first-order valence-electron chi connectivity index (χ1n) is 12.2. The van der Waals surface area contributed by atoms with Crippen LogP contribution in [0.1, 0.15) is 35.0 Å². The summed E-state index contributed by atoms with van der Waals surface area (Å²) in [5.74, 6) is -0.202. The van der Waals surface area contributed by atoms with Crippen LogP contribution in [0.3, 0.4) is 0 Å². The van der Waals surface area contributed by atoms with E-state index in [1.165, 1.54) is 16.7 Å². The van der Waals surface area contributed by atoms with Crippen molar-refractivity contribution < 1.29 is 4.79 Å². The molecule has 180 valence electrons. The molecular weight excluding hydrogens is 456 g/mol. The van der Waals surface area contributed by atoms with Gasteiger partial charge in [-0.15, -0.1) is 0 Å². The van der Waals surface area contributed by atoms with E-state index in [2.05, 4.69) is 46.2 Å². The lowest BCUT2D eigenvalue weighted by atomic mass is 9.85. The number of aryl methyl sites for hydroxylation is 1. The Hall–Kier alpha value is -2.99. The molecule has 3 aromatic rings. The summed E-state index contributed by atoms with van der Waals surface area (Å²) < 4.78 is 0. The van der Waals surface area contributed by atoms with Crippen LogP contribution in [0.2, 0.25) is 5.02 Å². The summed E-state index contributed by atoms with van der Waals surface area (Å²) in [6, 6.07) is 17.5. The van der Waals surface area contributed by atoms with Gasteiger partial charge in [-0.3, -0.25) is 14.7 Å². The molecule has 0 unspecified atom stereocenters. The Morgan fingerprint density at radius 2 is 1.71 bits per heavy atom. The predicted octanol–water partition coefficient (Wildman–Crippen LogP) is 5.62. The van der Waals surface area contributed by atoms with Gasteiger partial charge in [0, 0.05) is 55.2 Å². The van der Waals surface area contributed by atoms with Crippen molar-refractivity contribution in [3.8, 4) is 11.1 Å². The van der Waals surface area contributed by atoms with E-state index in [0.29, 0.717) is 10.7 Å². The molecule has 0 bridgehead atoms. The fraction of sp³-hybridized carbons (Fsp3) is 0.310. The molecule has 1 amide bonds. The van der Waals surface area contributed by atoms with E-state index in [-0.39, 0.29) is 5.91 Å². The number of amides is 1. The van der Waals surface area contributed by atoms with Gasteiger partial charge in [-0.1, -0.05) is 41.4 Å². The van der Waals surface area contributed by atoms with Gasteiger partial charge in [-0.2, -0.15) is 0 Å². The lowest BCUT2D eigenvalue weighted by Gasteiger charge is -2.34. The molecular formula is C29H31ClN4O. The largest absolute Gasteiger partial charge is 0.321 e. The number of benzene rings is 2. The van der Waals surface area contributed by atoms with Gasteiger partial charge in [-0.05, 0) is 79.4 Å². The second-order valence-corrected chi connectivity index (χ2v) is 10.0. The number of hydrogen-bond acceptors (Lipinski definition) is 4. The number of hydrogen-bond donors (Lipinski definition) is 1. The fourth-order valence-electron chi connectivity index (χ4n) is 4.92. The summed E-state index contributed by atoms with van der Waals surface area (Å²) in [5, 5.41) is 3.72. The van der Waals surface area contributed by atoms with E-state index in [1.807, 2.05) is 36.4 Å². The van der Waals surface area contributed by atoms with Crippen molar-refractivity contribution in [2.24, 2.45) is 0 Å². The third kappa shape index (κ3) is 5.48. The summed E-state index contributed by atoms with van der Waals surface area (Å²) in [6.07, 6.45) is 3.81. The second-order valence-electron chi connectivity index (χ2n) is 9.57. The third-order valence-corrected chi connectivity index (χ3v) is 7.43. The summed E-state index contributed by atoms with van der Waals surface area (Å²) in [7, 11) is 2.20. The standard InChI is InChI=1S/C29H31ClN4O/c1-20-24(19-34-15-13-33(2)14-16-34)4-3-22-17-26(10-11-27(20)22)32-29(35)28-12-7-23(18-31-28)21-5-8-25(30)9-6-21/h5-12,17-18H,3-4,13-16,19H2,1-2H3,(H,32,35). The highest BCUT2D eigenvalue weighted by Gasteiger charge is 2.21. The first kappa shape index (κ1) is 23.7. The molecule has 5 nitrogen and oxygen atoms in total. The van der Waals surface area contributed by atoms with E-state index in [9.17, 15) is 4.79 Å². The first-order chi connectivity index (χ1) is 17.0. The lowest BCUT2D eigenvalue weighted by molar-refractivity contribution is 0.102. The molecule has 5 rings (SSSR count). The van der Waals surface area contributed by atoms with E-state index < -0.39 is 0 Å². The van der Waals surface area contributed by atoms with Gasteiger partial charge >= 0.3 is 0 Å². The maximum absolute atomic E-state index is 12.8. The molecule has 6 heteroatoms. The van der Waals surface area contributed by atoms with Crippen LogP contribution >= 0.6 is 11.6 Å². The number of carbonyl (C=O) groups excluding carboxylic acids is 1. The van der Waals surface area contributed by atoms with E-state index in [1.54, 1.807) is 17.8 Å². The topological polar surface area (TPSA) is 48.5 Å². The molecule has 1 aliphatic carbocycles. The van der Waals surface area contributed by atoms with Crippen molar-refractivity contribution in [1.29, 1.82) is 0 Å². The Morgan fingerprint density at radius 3 is 2.43 bits per heavy atom. The summed E-state index contributed by atoms with van der Waals surface area (Å²) >= 11 is 5.97. The number of pyridine rings is 1. The van der Waals surface area contributed by atoms with E-state index in [4.69, 9.17) is 11.6 Å². The van der Waals surface area contributed by atoms with Crippen molar-refractivity contribution in [2.75, 3.05) is 45.1 Å². The molecule has 0 radical (unpaired) electrons. The van der Waals surface area contributed by atoms with E-state index >= 15 is 0 Å². The predicted molar refractivity (Wildman–Crippen MR) is 144 cm³/mol. The van der Waals surface area contributed by atoms with Crippen LogP contribution in [-0.4, -0.2) is 60.5 Å². The Bertz CT molecular complexity index is 1240. The highest BCUT2D eigenvalue weighted by Crippen LogP contribution is 2.33. The summed E-state index contributed by atoms with van der Waals surface area (Å²) in [6.45, 7) is 7.87. The lowest BCUT2D eigenvalue weighted by Crippen LogP contribution is -2.45. The zero-order chi connectivity index (χ0) is 24.4. The number of rotatable bonds is 5. The Balaban J connectivity index is 1.25. The SMILES string of the molecule is CC1=C(CN2CCN(C)CC2)CCc2cc(NC(=O)c3ccc(-c4ccc(Cl)cc4)cn3)ccc21. The number of aromatic nitrogens is 1. The number of anilines is 1. The van der Waals surface area contributed by atoms with Crippen molar-refractivity contribution in [3.63, 3.8) is 0 Å². The Labute approximate surface area is 212 Å². The molecule has 2 heterocycles. The highest BCUT2D eigenvalue weighted by molar-refractivity contribution is 6.30. The van der Waals surface area contributed by atoms with Gasteiger partial charge in [0.25, 0.3) is 5.91 Å². The molecule has 2 aliphatic rings. The maximum Gasteiger partial charge on any atom is 0.274 e. The van der Waals surface area contributed by atoms with Gasteiger partial charge in [0.1, 0.15) is 5.69 Å². The van der Waals surface area contributed by atoms with Crippen LogP contribution in [0.5, 0.6) is 0 Å². The maximum atomic E-state index is 12.8.